The van der Waals surface area contributed by atoms with Gasteiger partial charge in [0.25, 0.3) is 5.89 Å². The second kappa shape index (κ2) is 5.21. The molecule has 1 saturated carbocycles. The van der Waals surface area contributed by atoms with Gasteiger partial charge in [0.15, 0.2) is 11.4 Å². The summed E-state index contributed by atoms with van der Waals surface area (Å²) in [7, 11) is 0. The minimum atomic E-state index is -0.968. The minimum Gasteiger partial charge on any atom is -0.379 e. The van der Waals surface area contributed by atoms with Gasteiger partial charge in [-0.2, -0.15) is 4.98 Å². The van der Waals surface area contributed by atoms with Crippen LogP contribution in [0, 0.1) is 5.92 Å². The number of aromatic nitrogens is 2. The highest BCUT2D eigenvalue weighted by Gasteiger charge is 2.38. The second-order valence-corrected chi connectivity index (χ2v) is 6.24. The summed E-state index contributed by atoms with van der Waals surface area (Å²) in [6.45, 7) is 3.74. The number of β-amino-alcohol motifs (C(OH)–C–C–N with tert-alkyl or cyclic N) is 1. The Bertz CT molecular complexity index is 426. The zero-order chi connectivity index (χ0) is 13.3. The molecule has 0 spiro atoms. The van der Waals surface area contributed by atoms with Crippen LogP contribution in [0.1, 0.15) is 63.1 Å². The van der Waals surface area contributed by atoms with Crippen LogP contribution in [0.25, 0.3) is 0 Å². The van der Waals surface area contributed by atoms with E-state index < -0.39 is 5.60 Å². The van der Waals surface area contributed by atoms with Crippen LogP contribution < -0.4 is 5.32 Å². The zero-order valence-corrected chi connectivity index (χ0v) is 11.6. The summed E-state index contributed by atoms with van der Waals surface area (Å²) in [5, 5.41) is 17.9. The third-order valence-electron chi connectivity index (χ3n) is 4.50. The van der Waals surface area contributed by atoms with Gasteiger partial charge in [0.05, 0.1) is 0 Å². The molecule has 106 valence electrons. The molecule has 1 aliphatic carbocycles. The average molecular weight is 265 g/mol. The van der Waals surface area contributed by atoms with E-state index >= 15 is 0 Å². The monoisotopic (exact) mass is 265 g/mol. The van der Waals surface area contributed by atoms with Crippen LogP contribution in [0.15, 0.2) is 4.52 Å². The van der Waals surface area contributed by atoms with Gasteiger partial charge in [-0.3, -0.25) is 0 Å². The summed E-state index contributed by atoms with van der Waals surface area (Å²) in [6.07, 6.45) is 6.45. The van der Waals surface area contributed by atoms with Crippen molar-refractivity contribution in [2.45, 2.75) is 57.0 Å². The lowest BCUT2D eigenvalue weighted by Crippen LogP contribution is -2.43. The Morgan fingerprint density at radius 1 is 1.37 bits per heavy atom. The molecule has 1 aliphatic heterocycles. The lowest BCUT2D eigenvalue weighted by molar-refractivity contribution is -0.0167. The van der Waals surface area contributed by atoms with E-state index in [0.717, 1.165) is 37.5 Å². The minimum absolute atomic E-state index is 0.396. The topological polar surface area (TPSA) is 71.2 Å². The fourth-order valence-corrected chi connectivity index (χ4v) is 3.33. The van der Waals surface area contributed by atoms with Crippen LogP contribution >= 0.6 is 0 Å². The van der Waals surface area contributed by atoms with E-state index in [1.807, 2.05) is 0 Å². The van der Waals surface area contributed by atoms with E-state index in [0.29, 0.717) is 24.8 Å². The lowest BCUT2D eigenvalue weighted by Gasteiger charge is -2.28. The van der Waals surface area contributed by atoms with Gasteiger partial charge in [-0.1, -0.05) is 24.9 Å². The highest BCUT2D eigenvalue weighted by molar-refractivity contribution is 5.05. The van der Waals surface area contributed by atoms with Crippen LogP contribution in [-0.2, 0) is 5.60 Å². The Balaban J connectivity index is 1.75. The summed E-state index contributed by atoms with van der Waals surface area (Å²) in [5.41, 5.74) is -0.968. The maximum atomic E-state index is 10.5. The number of hydrogen-bond donors (Lipinski definition) is 2. The van der Waals surface area contributed by atoms with Gasteiger partial charge in [-0.15, -0.1) is 0 Å². The summed E-state index contributed by atoms with van der Waals surface area (Å²) < 4.78 is 5.34. The smallest absolute Gasteiger partial charge is 0.259 e. The van der Waals surface area contributed by atoms with Crippen molar-refractivity contribution in [1.29, 1.82) is 0 Å². The van der Waals surface area contributed by atoms with Crippen molar-refractivity contribution in [1.82, 2.24) is 15.5 Å². The Hall–Kier alpha value is -0.940. The molecule has 0 aromatic carbocycles. The normalized spacial score (nSPS) is 36.3. The maximum Gasteiger partial charge on any atom is 0.259 e. The van der Waals surface area contributed by atoms with Crippen LogP contribution in [0.3, 0.4) is 0 Å². The van der Waals surface area contributed by atoms with Crippen molar-refractivity contribution >= 4 is 0 Å². The number of piperidine rings is 1. The second-order valence-electron chi connectivity index (χ2n) is 6.24. The van der Waals surface area contributed by atoms with Crippen molar-refractivity contribution in [3.63, 3.8) is 0 Å². The Morgan fingerprint density at radius 2 is 2.26 bits per heavy atom. The van der Waals surface area contributed by atoms with E-state index in [-0.39, 0.29) is 0 Å². The summed E-state index contributed by atoms with van der Waals surface area (Å²) >= 11 is 0. The first kappa shape index (κ1) is 13.1. The predicted molar refractivity (Wildman–Crippen MR) is 70.7 cm³/mol. The van der Waals surface area contributed by atoms with E-state index in [1.54, 1.807) is 0 Å². The molecule has 3 unspecified atom stereocenters. The Labute approximate surface area is 113 Å². The van der Waals surface area contributed by atoms with Gasteiger partial charge >= 0.3 is 0 Å². The molecule has 2 N–H and O–H groups in total. The summed E-state index contributed by atoms with van der Waals surface area (Å²) in [6, 6.07) is 0. The van der Waals surface area contributed by atoms with Crippen LogP contribution in [0.2, 0.25) is 0 Å². The zero-order valence-electron chi connectivity index (χ0n) is 11.6. The highest BCUT2D eigenvalue weighted by Crippen LogP contribution is 2.36. The van der Waals surface area contributed by atoms with Crippen molar-refractivity contribution < 1.29 is 9.63 Å². The summed E-state index contributed by atoms with van der Waals surface area (Å²) in [4.78, 5) is 4.50. The molecule has 2 aliphatic rings. The molecule has 2 fully saturated rings. The third-order valence-corrected chi connectivity index (χ3v) is 4.50. The first-order chi connectivity index (χ1) is 9.17. The number of aliphatic hydroxyl groups is 1. The number of nitrogens with one attached hydrogen (secondary N) is 1. The standard InChI is InChI=1S/C14H23N3O2/c1-10-4-2-5-11(8-10)12-16-13(19-17-12)14(18)6-3-7-15-9-14/h10-11,15,18H,2-9H2,1H3. The van der Waals surface area contributed by atoms with E-state index in [1.165, 1.54) is 12.8 Å². The number of rotatable bonds is 2. The molecular weight excluding hydrogens is 242 g/mol. The van der Waals surface area contributed by atoms with Crippen molar-refractivity contribution in [3.05, 3.63) is 11.7 Å². The van der Waals surface area contributed by atoms with Crippen molar-refractivity contribution in [2.75, 3.05) is 13.1 Å². The summed E-state index contributed by atoms with van der Waals surface area (Å²) in [5.74, 6) is 2.33. The van der Waals surface area contributed by atoms with Crippen LogP contribution in [-0.4, -0.2) is 28.3 Å². The Morgan fingerprint density at radius 3 is 3.00 bits per heavy atom. The predicted octanol–water partition coefficient (Wildman–Crippen LogP) is 1.93. The number of hydrogen-bond acceptors (Lipinski definition) is 5. The molecule has 0 bridgehead atoms. The van der Waals surface area contributed by atoms with E-state index in [9.17, 15) is 5.11 Å². The SMILES string of the molecule is CC1CCCC(c2noc(C3(O)CCCNC3)n2)C1. The molecule has 1 saturated heterocycles. The van der Waals surface area contributed by atoms with Gasteiger partial charge in [-0.05, 0) is 38.1 Å². The maximum absolute atomic E-state index is 10.5. The highest BCUT2D eigenvalue weighted by atomic mass is 16.5. The van der Waals surface area contributed by atoms with Gasteiger partial charge < -0.3 is 14.9 Å². The fraction of sp³-hybridized carbons (Fsp3) is 0.857. The van der Waals surface area contributed by atoms with Crippen molar-refractivity contribution in [3.8, 4) is 0 Å². The fourth-order valence-electron chi connectivity index (χ4n) is 3.33. The van der Waals surface area contributed by atoms with Gasteiger partial charge in [0.2, 0.25) is 0 Å². The van der Waals surface area contributed by atoms with E-state index in [4.69, 9.17) is 4.52 Å². The molecule has 1 aromatic rings. The molecule has 3 rings (SSSR count). The molecule has 5 heteroatoms. The first-order valence-electron chi connectivity index (χ1n) is 7.44. The van der Waals surface area contributed by atoms with Crippen molar-refractivity contribution in [2.24, 2.45) is 5.92 Å². The third kappa shape index (κ3) is 2.67. The molecule has 0 amide bonds. The van der Waals surface area contributed by atoms with Gasteiger partial charge in [0.1, 0.15) is 0 Å². The molecule has 0 radical (unpaired) electrons. The largest absolute Gasteiger partial charge is 0.379 e. The molecule has 19 heavy (non-hydrogen) atoms. The van der Waals surface area contributed by atoms with Crippen LogP contribution in [0.4, 0.5) is 0 Å². The molecular formula is C14H23N3O2. The first-order valence-corrected chi connectivity index (χ1v) is 7.44. The van der Waals surface area contributed by atoms with Gasteiger partial charge in [-0.25, -0.2) is 0 Å². The van der Waals surface area contributed by atoms with Crippen LogP contribution in [0.5, 0.6) is 0 Å². The lowest BCUT2D eigenvalue weighted by atomic mass is 9.82. The quantitative estimate of drug-likeness (QED) is 0.855. The average Bonchev–Trinajstić information content (AvgIpc) is 2.90. The van der Waals surface area contributed by atoms with E-state index in [2.05, 4.69) is 22.4 Å². The molecule has 3 atom stereocenters. The number of nitrogens with zero attached hydrogens (tertiary/aromatic N) is 2. The Kier molecular flexibility index (Phi) is 3.58. The van der Waals surface area contributed by atoms with Gasteiger partial charge in [0, 0.05) is 12.5 Å². The molecule has 1 aromatic heterocycles. The molecule has 5 nitrogen and oxygen atoms in total. The molecule has 2 heterocycles.